The zero-order chi connectivity index (χ0) is 29.7. The van der Waals surface area contributed by atoms with Crippen LogP contribution in [0.4, 0.5) is 18.9 Å². The summed E-state index contributed by atoms with van der Waals surface area (Å²) in [7, 11) is 0. The average molecular weight is 579 g/mol. The fourth-order valence-corrected chi connectivity index (χ4v) is 5.38. The number of allylic oxidation sites excluding steroid dienone is 2. The first-order chi connectivity index (χ1) is 20.2. The number of pyridine rings is 1. The number of nitriles is 1. The molecule has 1 aliphatic heterocycles. The molecule has 2 aromatic heterocycles. The molecule has 1 amide bonds. The van der Waals surface area contributed by atoms with Crippen LogP contribution in [0.5, 0.6) is 0 Å². The van der Waals surface area contributed by atoms with Crippen LogP contribution in [-0.2, 0) is 11.3 Å². The average Bonchev–Trinajstić information content (AvgIpc) is 3.41. The quantitative estimate of drug-likeness (QED) is 0.407. The second-order valence-corrected chi connectivity index (χ2v) is 10.4. The first-order valence-electron chi connectivity index (χ1n) is 13.8. The van der Waals surface area contributed by atoms with Gasteiger partial charge in [-0.25, -0.2) is 9.78 Å². The van der Waals surface area contributed by atoms with E-state index in [0.717, 1.165) is 86.7 Å². The summed E-state index contributed by atoms with van der Waals surface area (Å²) >= 11 is 0. The Hall–Kier alpha value is -4.50. The van der Waals surface area contributed by atoms with E-state index in [9.17, 15) is 22.8 Å². The Kier molecular flexibility index (Phi) is 8.68. The van der Waals surface area contributed by atoms with Crippen molar-refractivity contribution >= 4 is 23.1 Å². The Morgan fingerprint density at radius 2 is 1.95 bits per heavy atom. The molecule has 0 bridgehead atoms. The number of carbonyl (C=O) groups is 2. The van der Waals surface area contributed by atoms with Gasteiger partial charge in [0.05, 0.1) is 11.9 Å². The van der Waals surface area contributed by atoms with Crippen molar-refractivity contribution in [3.05, 3.63) is 83.2 Å². The van der Waals surface area contributed by atoms with Crippen LogP contribution in [0.2, 0.25) is 0 Å². The number of amides is 1. The van der Waals surface area contributed by atoms with Gasteiger partial charge in [0.2, 0.25) is 5.82 Å². The van der Waals surface area contributed by atoms with Crippen molar-refractivity contribution in [3.63, 3.8) is 0 Å². The topological polar surface area (TPSA) is 113 Å². The zero-order valence-electron chi connectivity index (χ0n) is 22.7. The van der Waals surface area contributed by atoms with Crippen LogP contribution in [0.1, 0.15) is 77.6 Å². The van der Waals surface area contributed by atoms with E-state index in [1.54, 1.807) is 18.3 Å². The fourth-order valence-electron chi connectivity index (χ4n) is 5.38. The minimum absolute atomic E-state index is 0.274. The molecule has 5 rings (SSSR count). The SMILES string of the molecule is N#Cc1cn(OC(=O)C(F)(F)F)c(C(=O)Nc2ccc(C3CCN(Cc4ccccn4)CC3)cc2C2=CCCCC2)n1. The molecule has 42 heavy (non-hydrogen) atoms. The summed E-state index contributed by atoms with van der Waals surface area (Å²) in [6.45, 7) is 2.66. The lowest BCUT2D eigenvalue weighted by molar-refractivity contribution is -0.200. The van der Waals surface area contributed by atoms with Crippen molar-refractivity contribution in [3.8, 4) is 6.07 Å². The molecule has 0 saturated carbocycles. The Morgan fingerprint density at radius 1 is 1.14 bits per heavy atom. The number of alkyl halides is 3. The van der Waals surface area contributed by atoms with Gasteiger partial charge >= 0.3 is 12.1 Å². The predicted molar refractivity (Wildman–Crippen MR) is 147 cm³/mol. The second-order valence-electron chi connectivity index (χ2n) is 10.4. The molecule has 1 fully saturated rings. The van der Waals surface area contributed by atoms with Crippen LogP contribution < -0.4 is 10.2 Å². The normalized spacial score (nSPS) is 16.4. The number of hydrogen-bond donors (Lipinski definition) is 1. The molecule has 3 aromatic rings. The number of rotatable bonds is 7. The lowest BCUT2D eigenvalue weighted by Crippen LogP contribution is -2.35. The summed E-state index contributed by atoms with van der Waals surface area (Å²) in [6.07, 6.45) is 5.14. The number of halogens is 3. The number of carbonyl (C=O) groups excluding carboxylic acids is 2. The molecule has 0 unspecified atom stereocenters. The molecule has 2 aliphatic rings. The van der Waals surface area contributed by atoms with E-state index in [1.165, 1.54) is 0 Å². The zero-order valence-corrected chi connectivity index (χ0v) is 22.7. The van der Waals surface area contributed by atoms with Crippen molar-refractivity contribution in [2.45, 2.75) is 57.2 Å². The van der Waals surface area contributed by atoms with Gasteiger partial charge in [0.25, 0.3) is 5.91 Å². The van der Waals surface area contributed by atoms with E-state index in [-0.39, 0.29) is 10.4 Å². The van der Waals surface area contributed by atoms with Crippen molar-refractivity contribution in [1.82, 2.24) is 19.6 Å². The third-order valence-corrected chi connectivity index (χ3v) is 7.50. The van der Waals surface area contributed by atoms with E-state index in [4.69, 9.17) is 5.26 Å². The van der Waals surface area contributed by atoms with Gasteiger partial charge < -0.3 is 10.2 Å². The van der Waals surface area contributed by atoms with Crippen LogP contribution >= 0.6 is 0 Å². The van der Waals surface area contributed by atoms with E-state index in [2.05, 4.69) is 37.2 Å². The summed E-state index contributed by atoms with van der Waals surface area (Å²) in [4.78, 5) is 39.5. The molecule has 12 heteroatoms. The third-order valence-electron chi connectivity index (χ3n) is 7.50. The highest BCUT2D eigenvalue weighted by Crippen LogP contribution is 2.36. The number of likely N-dealkylation sites (tertiary alicyclic amines) is 1. The van der Waals surface area contributed by atoms with Crippen LogP contribution in [0.25, 0.3) is 5.57 Å². The molecule has 0 atom stereocenters. The van der Waals surface area contributed by atoms with Crippen molar-refractivity contribution < 1.29 is 27.6 Å². The molecule has 1 N–H and O–H groups in total. The lowest BCUT2D eigenvalue weighted by atomic mass is 9.85. The van der Waals surface area contributed by atoms with Gasteiger partial charge in [-0.05, 0) is 92.9 Å². The minimum atomic E-state index is -5.30. The molecule has 1 aliphatic carbocycles. The minimum Gasteiger partial charge on any atom is -0.326 e. The predicted octanol–water partition coefficient (Wildman–Crippen LogP) is 5.26. The van der Waals surface area contributed by atoms with Gasteiger partial charge in [-0.15, -0.1) is 0 Å². The Balaban J connectivity index is 1.36. The monoisotopic (exact) mass is 578 g/mol. The Morgan fingerprint density at radius 3 is 2.62 bits per heavy atom. The number of imidazole rings is 1. The number of anilines is 1. The molecule has 9 nitrogen and oxygen atoms in total. The van der Waals surface area contributed by atoms with Gasteiger partial charge in [-0.3, -0.25) is 14.7 Å². The smallest absolute Gasteiger partial charge is 0.326 e. The number of aromatic nitrogens is 3. The first-order valence-corrected chi connectivity index (χ1v) is 13.8. The molecule has 3 heterocycles. The number of piperidine rings is 1. The second kappa shape index (κ2) is 12.6. The van der Waals surface area contributed by atoms with Gasteiger partial charge in [0.1, 0.15) is 6.07 Å². The maximum Gasteiger partial charge on any atom is 0.493 e. The van der Waals surface area contributed by atoms with Crippen molar-refractivity contribution in [2.75, 3.05) is 18.4 Å². The molecular formula is C30H29F3N6O3. The van der Waals surface area contributed by atoms with Crippen LogP contribution in [0, 0.1) is 11.3 Å². The largest absolute Gasteiger partial charge is 0.493 e. The number of hydrogen-bond acceptors (Lipinski definition) is 7. The van der Waals surface area contributed by atoms with Gasteiger partial charge in [-0.2, -0.15) is 23.2 Å². The Bertz CT molecular complexity index is 1520. The molecule has 1 saturated heterocycles. The standard InChI is InChI=1S/C30H29F3N6O3/c31-30(32,33)29(41)42-39-19-24(17-34)36-27(39)28(40)37-26-10-9-22(16-25(26)21-6-2-1-3-7-21)20-11-14-38(15-12-20)18-23-8-4-5-13-35-23/h4-6,8-10,13,16,19-20H,1-3,7,11-12,14-15,18H2,(H,37,40). The highest BCUT2D eigenvalue weighted by atomic mass is 19.4. The van der Waals surface area contributed by atoms with E-state index in [1.807, 2.05) is 24.3 Å². The van der Waals surface area contributed by atoms with Crippen LogP contribution in [0.3, 0.4) is 0 Å². The van der Waals surface area contributed by atoms with E-state index >= 15 is 0 Å². The summed E-state index contributed by atoms with van der Waals surface area (Å²) in [5.41, 5.74) is 4.19. The summed E-state index contributed by atoms with van der Waals surface area (Å²) in [5.74, 6) is -3.78. The first kappa shape index (κ1) is 29.0. The maximum absolute atomic E-state index is 13.2. The van der Waals surface area contributed by atoms with Gasteiger partial charge in [0.15, 0.2) is 5.69 Å². The summed E-state index contributed by atoms with van der Waals surface area (Å²) in [6, 6.07) is 13.4. The molecule has 1 aromatic carbocycles. The summed E-state index contributed by atoms with van der Waals surface area (Å²) in [5, 5.41) is 11.9. The fraction of sp³-hybridized carbons (Fsp3) is 0.367. The van der Waals surface area contributed by atoms with Crippen LogP contribution in [-0.4, -0.2) is 50.7 Å². The highest BCUT2D eigenvalue weighted by Gasteiger charge is 2.42. The number of nitrogens with zero attached hydrogens (tertiary/aromatic N) is 5. The van der Waals surface area contributed by atoms with Crippen molar-refractivity contribution in [1.29, 1.82) is 5.26 Å². The Labute approximate surface area is 240 Å². The van der Waals surface area contributed by atoms with Gasteiger partial charge in [-0.1, -0.05) is 18.2 Å². The molecular weight excluding hydrogens is 549 g/mol. The number of benzene rings is 1. The number of nitrogens with one attached hydrogen (secondary N) is 1. The highest BCUT2D eigenvalue weighted by molar-refractivity contribution is 6.03. The lowest BCUT2D eigenvalue weighted by Gasteiger charge is -2.32. The van der Waals surface area contributed by atoms with Crippen molar-refractivity contribution in [2.24, 2.45) is 0 Å². The third kappa shape index (κ3) is 6.86. The maximum atomic E-state index is 13.2. The molecule has 218 valence electrons. The van der Waals surface area contributed by atoms with Crippen LogP contribution in [0.15, 0.2) is 54.9 Å². The summed E-state index contributed by atoms with van der Waals surface area (Å²) < 4.78 is 38.6. The van der Waals surface area contributed by atoms with E-state index < -0.39 is 23.9 Å². The van der Waals surface area contributed by atoms with E-state index in [0.29, 0.717) is 11.6 Å². The molecule has 0 spiro atoms. The molecule has 0 radical (unpaired) electrons. The van der Waals surface area contributed by atoms with Gasteiger partial charge in [0, 0.05) is 24.0 Å².